The number of nitrogens with zero attached hydrogens (tertiary/aromatic N) is 1. The Bertz CT molecular complexity index is 871. The number of furan rings is 1. The molecule has 1 heterocycles. The molecule has 0 saturated heterocycles. The number of rotatable bonds is 5. The Morgan fingerprint density at radius 3 is 2.25 bits per heavy atom. The van der Waals surface area contributed by atoms with Crippen molar-refractivity contribution in [1.29, 1.82) is 0 Å². The molecule has 2 aromatic rings. The molecule has 1 atom stereocenters. The molecule has 0 aliphatic heterocycles. The highest BCUT2D eigenvalue weighted by molar-refractivity contribution is 7.89. The Labute approximate surface area is 139 Å². The number of carbonyl (C=O) groups is 1. The van der Waals surface area contributed by atoms with Crippen molar-refractivity contribution in [3.05, 3.63) is 52.7 Å². The molecular weight excluding hydrogens is 337 g/mol. The second-order valence-electron chi connectivity index (χ2n) is 5.47. The van der Waals surface area contributed by atoms with Crippen molar-refractivity contribution >= 4 is 16.0 Å². The molecule has 0 aliphatic carbocycles. The van der Waals surface area contributed by atoms with E-state index in [0.29, 0.717) is 5.56 Å². The van der Waals surface area contributed by atoms with Crippen LogP contribution in [0, 0.1) is 19.7 Å². The van der Waals surface area contributed by atoms with Crippen LogP contribution in [0.4, 0.5) is 4.39 Å². The molecule has 0 bridgehead atoms. The van der Waals surface area contributed by atoms with E-state index in [2.05, 4.69) is 0 Å². The number of aryl methyl sites for hydroxylation is 2. The number of carboxylic acids is 1. The monoisotopic (exact) mass is 355 g/mol. The molecule has 130 valence electrons. The van der Waals surface area contributed by atoms with E-state index < -0.39 is 27.9 Å². The average Bonchev–Trinajstić information content (AvgIpc) is 2.81. The smallest absolute Gasteiger partial charge is 0.340 e. The van der Waals surface area contributed by atoms with Crippen molar-refractivity contribution in [3.8, 4) is 0 Å². The Morgan fingerprint density at radius 2 is 1.75 bits per heavy atom. The molecule has 0 spiro atoms. The number of benzene rings is 1. The zero-order valence-electron chi connectivity index (χ0n) is 13.7. The first-order valence-electron chi connectivity index (χ1n) is 7.14. The molecule has 2 rings (SSSR count). The van der Waals surface area contributed by atoms with E-state index in [-0.39, 0.29) is 22.0 Å². The third kappa shape index (κ3) is 3.07. The summed E-state index contributed by atoms with van der Waals surface area (Å²) >= 11 is 0. The van der Waals surface area contributed by atoms with Gasteiger partial charge in [-0.1, -0.05) is 12.1 Å². The van der Waals surface area contributed by atoms with E-state index >= 15 is 0 Å². The quantitative estimate of drug-likeness (QED) is 0.890. The van der Waals surface area contributed by atoms with Gasteiger partial charge in [-0.3, -0.25) is 0 Å². The second kappa shape index (κ2) is 6.37. The summed E-state index contributed by atoms with van der Waals surface area (Å²) in [7, 11) is -2.77. The molecule has 0 fully saturated rings. The summed E-state index contributed by atoms with van der Waals surface area (Å²) in [6, 6.07) is 4.83. The van der Waals surface area contributed by atoms with E-state index in [9.17, 15) is 22.7 Å². The van der Waals surface area contributed by atoms with Crippen molar-refractivity contribution in [2.45, 2.75) is 31.7 Å². The number of sulfonamides is 1. The number of hydrogen-bond donors (Lipinski definition) is 1. The Hall–Kier alpha value is -2.19. The predicted molar refractivity (Wildman–Crippen MR) is 84.9 cm³/mol. The van der Waals surface area contributed by atoms with Crippen LogP contribution in [-0.4, -0.2) is 30.8 Å². The van der Waals surface area contributed by atoms with Gasteiger partial charge in [0, 0.05) is 13.1 Å². The van der Waals surface area contributed by atoms with E-state index in [4.69, 9.17) is 4.42 Å². The number of carboxylic acid groups (broad SMARTS) is 1. The largest absolute Gasteiger partial charge is 0.478 e. The van der Waals surface area contributed by atoms with Crippen LogP contribution >= 0.6 is 0 Å². The van der Waals surface area contributed by atoms with Crippen molar-refractivity contribution in [1.82, 2.24) is 4.31 Å². The topological polar surface area (TPSA) is 87.8 Å². The van der Waals surface area contributed by atoms with E-state index in [1.54, 1.807) is 6.92 Å². The molecule has 1 unspecified atom stereocenters. The van der Waals surface area contributed by atoms with E-state index in [1.807, 2.05) is 0 Å². The maximum Gasteiger partial charge on any atom is 0.340 e. The molecule has 0 amide bonds. The third-order valence-corrected chi connectivity index (χ3v) is 6.04. The van der Waals surface area contributed by atoms with Crippen molar-refractivity contribution in [2.75, 3.05) is 7.05 Å². The first-order chi connectivity index (χ1) is 11.1. The van der Waals surface area contributed by atoms with Crippen molar-refractivity contribution in [2.24, 2.45) is 0 Å². The summed E-state index contributed by atoms with van der Waals surface area (Å²) in [5.74, 6) is -1.75. The van der Waals surface area contributed by atoms with Gasteiger partial charge in [-0.05, 0) is 38.5 Å². The lowest BCUT2D eigenvalue weighted by Gasteiger charge is -2.24. The Balaban J connectivity index is 2.51. The summed E-state index contributed by atoms with van der Waals surface area (Å²) in [4.78, 5) is 11.1. The molecule has 24 heavy (non-hydrogen) atoms. The number of hydrogen-bond acceptors (Lipinski definition) is 4. The minimum Gasteiger partial charge on any atom is -0.478 e. The second-order valence-corrected chi connectivity index (χ2v) is 7.41. The minimum atomic E-state index is -4.12. The first-order valence-corrected chi connectivity index (χ1v) is 8.58. The highest BCUT2D eigenvalue weighted by Gasteiger charge is 2.35. The molecule has 1 aromatic heterocycles. The van der Waals surface area contributed by atoms with Gasteiger partial charge in [-0.15, -0.1) is 0 Å². The highest BCUT2D eigenvalue weighted by atomic mass is 32.2. The Kier molecular flexibility index (Phi) is 4.82. The third-order valence-electron chi connectivity index (χ3n) is 3.95. The summed E-state index contributed by atoms with van der Waals surface area (Å²) in [6.07, 6.45) is 0. The van der Waals surface area contributed by atoms with Gasteiger partial charge < -0.3 is 9.52 Å². The average molecular weight is 355 g/mol. The van der Waals surface area contributed by atoms with Crippen LogP contribution in [-0.2, 0) is 10.0 Å². The molecule has 0 saturated carbocycles. The zero-order valence-corrected chi connectivity index (χ0v) is 14.5. The molecule has 0 aliphatic rings. The van der Waals surface area contributed by atoms with Gasteiger partial charge in [0.05, 0.1) is 0 Å². The zero-order chi connectivity index (χ0) is 18.2. The van der Waals surface area contributed by atoms with Gasteiger partial charge in [-0.2, -0.15) is 4.31 Å². The lowest BCUT2D eigenvalue weighted by atomic mass is 10.1. The SMILES string of the molecule is Cc1oc(C)c(S(=O)(=O)N(C)C(C)c2ccc(F)cc2)c1C(=O)O. The van der Waals surface area contributed by atoms with Crippen LogP contribution in [0.2, 0.25) is 0 Å². The Morgan fingerprint density at radius 1 is 1.21 bits per heavy atom. The maximum atomic E-state index is 13.0. The molecule has 1 aromatic carbocycles. The highest BCUT2D eigenvalue weighted by Crippen LogP contribution is 2.32. The summed E-state index contributed by atoms with van der Waals surface area (Å²) < 4.78 is 45.1. The predicted octanol–water partition coefficient (Wildman–Crippen LogP) is 3.12. The van der Waals surface area contributed by atoms with Gasteiger partial charge in [0.1, 0.15) is 27.8 Å². The van der Waals surface area contributed by atoms with Gasteiger partial charge in [0.25, 0.3) is 0 Å². The van der Waals surface area contributed by atoms with Gasteiger partial charge in [0.2, 0.25) is 10.0 Å². The molecule has 1 N–H and O–H groups in total. The molecular formula is C16H18FNO5S. The number of halogens is 1. The maximum absolute atomic E-state index is 13.0. The van der Waals surface area contributed by atoms with Crippen LogP contribution < -0.4 is 0 Å². The van der Waals surface area contributed by atoms with Gasteiger partial charge in [0.15, 0.2) is 0 Å². The van der Waals surface area contributed by atoms with Gasteiger partial charge >= 0.3 is 5.97 Å². The lowest BCUT2D eigenvalue weighted by Crippen LogP contribution is -2.31. The van der Waals surface area contributed by atoms with Gasteiger partial charge in [-0.25, -0.2) is 17.6 Å². The fraction of sp³-hybridized carbons (Fsp3) is 0.312. The van der Waals surface area contributed by atoms with Crippen LogP contribution in [0.15, 0.2) is 33.6 Å². The van der Waals surface area contributed by atoms with Crippen LogP contribution in [0.25, 0.3) is 0 Å². The molecule has 0 radical (unpaired) electrons. The van der Waals surface area contributed by atoms with E-state index in [1.165, 1.54) is 45.2 Å². The fourth-order valence-corrected chi connectivity index (χ4v) is 4.24. The summed E-state index contributed by atoms with van der Waals surface area (Å²) in [6.45, 7) is 4.44. The van der Waals surface area contributed by atoms with Crippen LogP contribution in [0.5, 0.6) is 0 Å². The van der Waals surface area contributed by atoms with Crippen LogP contribution in [0.3, 0.4) is 0 Å². The van der Waals surface area contributed by atoms with Crippen molar-refractivity contribution in [3.63, 3.8) is 0 Å². The normalized spacial score (nSPS) is 13.2. The summed E-state index contributed by atoms with van der Waals surface area (Å²) in [5, 5.41) is 9.31. The van der Waals surface area contributed by atoms with Crippen LogP contribution in [0.1, 0.15) is 40.4 Å². The van der Waals surface area contributed by atoms with E-state index in [0.717, 1.165) is 4.31 Å². The number of aromatic carboxylic acids is 1. The fourth-order valence-electron chi connectivity index (χ4n) is 2.52. The first kappa shape index (κ1) is 18.2. The van der Waals surface area contributed by atoms with Crippen molar-refractivity contribution < 1.29 is 27.1 Å². The molecule has 6 nitrogen and oxygen atoms in total. The summed E-state index contributed by atoms with van der Waals surface area (Å²) in [5.41, 5.74) is 0.211. The molecule has 8 heteroatoms. The lowest BCUT2D eigenvalue weighted by molar-refractivity contribution is 0.0691. The standard InChI is InChI=1S/C16H18FNO5S/c1-9(12-5-7-13(17)8-6-12)18(4)24(21,22)15-11(3)23-10(2)14(15)16(19)20/h5-9H,1-4H3,(H,19,20). The minimum absolute atomic E-state index is 0.0167.